The van der Waals surface area contributed by atoms with E-state index in [1.165, 1.54) is 0 Å². The zero-order valence-electron chi connectivity index (χ0n) is 5.46. The van der Waals surface area contributed by atoms with Gasteiger partial charge in [0.05, 0.1) is 0 Å². The van der Waals surface area contributed by atoms with E-state index in [0.29, 0.717) is 23.0 Å². The van der Waals surface area contributed by atoms with Gasteiger partial charge >= 0.3 is 29.6 Å². The number of hydrogen-bond acceptors (Lipinski definition) is 4. The molecule has 50 valence electrons. The van der Waals surface area contributed by atoms with Crippen LogP contribution in [0.3, 0.4) is 0 Å². The van der Waals surface area contributed by atoms with Gasteiger partial charge in [-0.2, -0.15) is 0 Å². The molecule has 0 bridgehead atoms. The second kappa shape index (κ2) is 6.00. The van der Waals surface area contributed by atoms with E-state index in [9.17, 15) is 13.0 Å². The van der Waals surface area contributed by atoms with Crippen LogP contribution in [0, 0.1) is 0 Å². The fourth-order valence-corrected chi connectivity index (χ4v) is 1.67. The minimum atomic E-state index is -4.02. The fourth-order valence-electron chi connectivity index (χ4n) is 0.185. The molecule has 0 unspecified atom stereocenters. The number of rotatable bonds is 3. The molecule has 0 aromatic carbocycles. The summed E-state index contributed by atoms with van der Waals surface area (Å²) in [5, 5.41) is 0. The van der Waals surface area contributed by atoms with Gasteiger partial charge in [-0.3, -0.25) is 0 Å². The van der Waals surface area contributed by atoms with Crippen LogP contribution in [-0.2, 0) is 9.15 Å². The van der Waals surface area contributed by atoms with E-state index in [1.807, 2.05) is 6.92 Å². The predicted octanol–water partition coefficient (Wildman–Crippen LogP) is -2.41. The van der Waals surface area contributed by atoms with E-state index < -0.39 is 9.15 Å². The molecule has 0 rings (SSSR count). The van der Waals surface area contributed by atoms with Crippen molar-refractivity contribution in [1.82, 2.24) is 0 Å². The van der Waals surface area contributed by atoms with Crippen molar-refractivity contribution in [3.05, 3.63) is 0 Å². The summed E-state index contributed by atoms with van der Waals surface area (Å²) in [5.74, 6) is 0.395. The van der Waals surface area contributed by atoms with Crippen LogP contribution in [-0.4, -0.2) is 18.7 Å². The molecule has 0 spiro atoms. The molecule has 0 aliphatic rings. The largest absolute Gasteiger partial charge is 1.00 e. The second-order valence-corrected chi connectivity index (χ2v) is 4.62. The van der Waals surface area contributed by atoms with E-state index >= 15 is 0 Å². The first kappa shape index (κ1) is 12.9. The van der Waals surface area contributed by atoms with Crippen molar-refractivity contribution in [1.29, 1.82) is 0 Å². The van der Waals surface area contributed by atoms with Crippen LogP contribution in [0.4, 0.5) is 0 Å². The van der Waals surface area contributed by atoms with Crippen LogP contribution in [0.1, 0.15) is 13.3 Å². The minimum absolute atomic E-state index is 0. The SMILES string of the molecule is CCCSS(=O)(=O)[O-].[Na+]. The van der Waals surface area contributed by atoms with Gasteiger partial charge in [-0.05, 0) is 17.2 Å². The quantitative estimate of drug-likeness (QED) is 0.274. The average molecular weight is 178 g/mol. The Hall–Kier alpha value is 1.26. The topological polar surface area (TPSA) is 57.2 Å². The molecule has 0 atom stereocenters. The molecule has 0 saturated heterocycles. The van der Waals surface area contributed by atoms with E-state index in [2.05, 4.69) is 0 Å². The maximum Gasteiger partial charge on any atom is 1.00 e. The molecule has 0 radical (unpaired) electrons. The molecule has 0 heterocycles. The van der Waals surface area contributed by atoms with Crippen molar-refractivity contribution >= 4 is 19.9 Å². The summed E-state index contributed by atoms with van der Waals surface area (Å²) in [4.78, 5) is 0. The van der Waals surface area contributed by atoms with Gasteiger partial charge in [-0.25, -0.2) is 8.42 Å². The van der Waals surface area contributed by atoms with Gasteiger partial charge in [-0.15, -0.1) is 0 Å². The van der Waals surface area contributed by atoms with E-state index in [4.69, 9.17) is 0 Å². The normalized spacial score (nSPS) is 10.4. The van der Waals surface area contributed by atoms with Gasteiger partial charge in [0.1, 0.15) is 9.15 Å². The van der Waals surface area contributed by atoms with Crippen molar-refractivity contribution in [2.24, 2.45) is 0 Å². The minimum Gasteiger partial charge on any atom is -0.739 e. The first-order valence-electron chi connectivity index (χ1n) is 2.16. The summed E-state index contributed by atoms with van der Waals surface area (Å²) in [7, 11) is -3.57. The third kappa shape index (κ3) is 12.5. The molecule has 0 saturated carbocycles. The molecule has 0 aromatic heterocycles. The van der Waals surface area contributed by atoms with Crippen molar-refractivity contribution < 1.29 is 42.5 Å². The summed E-state index contributed by atoms with van der Waals surface area (Å²) in [6, 6.07) is 0. The van der Waals surface area contributed by atoms with Crippen molar-refractivity contribution in [3.63, 3.8) is 0 Å². The van der Waals surface area contributed by atoms with Crippen LogP contribution in [0.15, 0.2) is 0 Å². The zero-order chi connectivity index (χ0) is 6.62. The van der Waals surface area contributed by atoms with E-state index in [-0.39, 0.29) is 29.6 Å². The Labute approximate surface area is 81.0 Å². The maximum atomic E-state index is 9.80. The molecule has 3 nitrogen and oxygen atoms in total. The molecular weight excluding hydrogens is 171 g/mol. The van der Waals surface area contributed by atoms with Gasteiger partial charge < -0.3 is 4.55 Å². The fraction of sp³-hybridized carbons (Fsp3) is 1.00. The molecule has 0 fully saturated rings. The summed E-state index contributed by atoms with van der Waals surface area (Å²) in [6.45, 7) is 1.82. The first-order valence-corrected chi connectivity index (χ1v) is 5.07. The summed E-state index contributed by atoms with van der Waals surface area (Å²) >= 11 is 0. The van der Waals surface area contributed by atoms with E-state index in [1.54, 1.807) is 0 Å². The Morgan fingerprint density at radius 3 is 2.11 bits per heavy atom. The van der Waals surface area contributed by atoms with Gasteiger partial charge in [0.25, 0.3) is 0 Å². The van der Waals surface area contributed by atoms with Crippen LogP contribution < -0.4 is 29.6 Å². The Bertz CT molecular complexity index is 141. The van der Waals surface area contributed by atoms with Gasteiger partial charge in [0, 0.05) is 5.75 Å². The zero-order valence-corrected chi connectivity index (χ0v) is 9.09. The Morgan fingerprint density at radius 1 is 1.56 bits per heavy atom. The standard InChI is InChI=1S/C3H8O3S2.Na/c1-2-3-7-8(4,5)6;/h2-3H2,1H3,(H,4,5,6);/q;+1/p-1. The summed E-state index contributed by atoms with van der Waals surface area (Å²) in [6.07, 6.45) is 0.714. The van der Waals surface area contributed by atoms with Gasteiger partial charge in [-0.1, -0.05) is 6.92 Å². The van der Waals surface area contributed by atoms with Gasteiger partial charge in [0.2, 0.25) is 0 Å². The van der Waals surface area contributed by atoms with Crippen LogP contribution in [0.5, 0.6) is 0 Å². The van der Waals surface area contributed by atoms with Crippen LogP contribution in [0.2, 0.25) is 0 Å². The Balaban J connectivity index is 0. The third-order valence-corrected chi connectivity index (χ3v) is 2.66. The smallest absolute Gasteiger partial charge is 0.739 e. The maximum absolute atomic E-state index is 9.80. The van der Waals surface area contributed by atoms with Crippen molar-refractivity contribution in [2.45, 2.75) is 13.3 Å². The monoisotopic (exact) mass is 178 g/mol. The van der Waals surface area contributed by atoms with Crippen molar-refractivity contribution in [2.75, 3.05) is 5.75 Å². The molecular formula is C3H7NaO3S2. The first-order chi connectivity index (χ1) is 3.56. The summed E-state index contributed by atoms with van der Waals surface area (Å²) in [5.41, 5.74) is 0. The van der Waals surface area contributed by atoms with Crippen molar-refractivity contribution in [3.8, 4) is 0 Å². The molecule has 0 aliphatic heterocycles. The third-order valence-electron chi connectivity index (χ3n) is 0.432. The van der Waals surface area contributed by atoms with Gasteiger partial charge in [0.15, 0.2) is 0 Å². The molecule has 0 aromatic rings. The molecule has 6 heteroatoms. The predicted molar refractivity (Wildman–Crippen MR) is 32.4 cm³/mol. The molecule has 0 aliphatic carbocycles. The average Bonchev–Trinajstić information content (AvgIpc) is 1.59. The number of hydrogen-bond donors (Lipinski definition) is 0. The Morgan fingerprint density at radius 2 is 2.00 bits per heavy atom. The molecule has 0 amide bonds. The summed E-state index contributed by atoms with van der Waals surface area (Å²) < 4.78 is 29.4. The Kier molecular flexibility index (Phi) is 8.60. The molecule has 9 heavy (non-hydrogen) atoms. The molecule has 0 N–H and O–H groups in total. The second-order valence-electron chi connectivity index (χ2n) is 1.23. The van der Waals surface area contributed by atoms with Crippen LogP contribution >= 0.6 is 10.8 Å². The van der Waals surface area contributed by atoms with Crippen LogP contribution in [0.25, 0.3) is 0 Å². The van der Waals surface area contributed by atoms with E-state index in [0.717, 1.165) is 0 Å².